The van der Waals surface area contributed by atoms with Gasteiger partial charge in [-0.1, -0.05) is 11.6 Å². The molecule has 1 rings (SSSR count). The van der Waals surface area contributed by atoms with Gasteiger partial charge in [0.1, 0.15) is 5.82 Å². The maximum absolute atomic E-state index is 12.9. The SMILES string of the molecule is C[C@H](O)CNc1ccc(Cl)c(F)c1. The second-order valence-corrected chi connectivity index (χ2v) is 3.27. The van der Waals surface area contributed by atoms with Crippen molar-refractivity contribution < 1.29 is 9.50 Å². The molecule has 72 valence electrons. The topological polar surface area (TPSA) is 32.3 Å². The monoisotopic (exact) mass is 203 g/mol. The summed E-state index contributed by atoms with van der Waals surface area (Å²) in [6.45, 7) is 2.04. The van der Waals surface area contributed by atoms with E-state index in [1.54, 1.807) is 13.0 Å². The van der Waals surface area contributed by atoms with Gasteiger partial charge in [-0.25, -0.2) is 4.39 Å². The molecule has 0 aliphatic heterocycles. The minimum atomic E-state index is -0.461. The van der Waals surface area contributed by atoms with E-state index in [0.717, 1.165) is 0 Å². The summed E-state index contributed by atoms with van der Waals surface area (Å²) in [7, 11) is 0. The zero-order valence-electron chi connectivity index (χ0n) is 7.22. The summed E-state index contributed by atoms with van der Waals surface area (Å²) >= 11 is 5.49. The lowest BCUT2D eigenvalue weighted by atomic mass is 10.3. The van der Waals surface area contributed by atoms with Gasteiger partial charge in [-0.2, -0.15) is 0 Å². The van der Waals surface area contributed by atoms with Gasteiger partial charge in [-0.3, -0.25) is 0 Å². The van der Waals surface area contributed by atoms with Crippen molar-refractivity contribution in [3.05, 3.63) is 29.0 Å². The largest absolute Gasteiger partial charge is 0.392 e. The fraction of sp³-hybridized carbons (Fsp3) is 0.333. The summed E-state index contributed by atoms with van der Waals surface area (Å²) in [6.07, 6.45) is -0.460. The summed E-state index contributed by atoms with van der Waals surface area (Å²) in [6, 6.07) is 4.43. The van der Waals surface area contributed by atoms with E-state index in [4.69, 9.17) is 16.7 Å². The van der Waals surface area contributed by atoms with Crippen molar-refractivity contribution in [1.82, 2.24) is 0 Å². The number of hydrogen-bond acceptors (Lipinski definition) is 2. The van der Waals surface area contributed by atoms with Gasteiger partial charge in [0, 0.05) is 12.2 Å². The number of anilines is 1. The molecule has 13 heavy (non-hydrogen) atoms. The molecule has 1 atom stereocenters. The first-order chi connectivity index (χ1) is 6.09. The minimum absolute atomic E-state index is 0.0996. The molecular formula is C9H11ClFNO. The number of halogens is 2. The molecule has 0 heterocycles. The first-order valence-electron chi connectivity index (χ1n) is 3.96. The summed E-state index contributed by atoms with van der Waals surface area (Å²) in [5.41, 5.74) is 0.614. The number of benzene rings is 1. The van der Waals surface area contributed by atoms with Crippen LogP contribution in [0.5, 0.6) is 0 Å². The summed E-state index contributed by atoms with van der Waals surface area (Å²) in [5.74, 6) is -0.461. The van der Waals surface area contributed by atoms with Crippen LogP contribution in [0, 0.1) is 5.82 Å². The van der Waals surface area contributed by atoms with Gasteiger partial charge < -0.3 is 10.4 Å². The molecule has 0 amide bonds. The Morgan fingerprint density at radius 2 is 2.31 bits per heavy atom. The van der Waals surface area contributed by atoms with Crippen LogP contribution in [0.2, 0.25) is 5.02 Å². The molecule has 0 bridgehead atoms. The van der Waals surface area contributed by atoms with Crippen molar-refractivity contribution in [2.75, 3.05) is 11.9 Å². The van der Waals surface area contributed by atoms with Crippen LogP contribution in [0.1, 0.15) is 6.92 Å². The Hall–Kier alpha value is -0.800. The van der Waals surface area contributed by atoms with E-state index in [9.17, 15) is 4.39 Å². The van der Waals surface area contributed by atoms with Crippen LogP contribution in [-0.4, -0.2) is 17.8 Å². The third-order valence-electron chi connectivity index (χ3n) is 1.52. The Morgan fingerprint density at radius 3 is 2.85 bits per heavy atom. The molecule has 0 aliphatic rings. The molecule has 1 aromatic carbocycles. The van der Waals surface area contributed by atoms with Crippen LogP contribution in [0.4, 0.5) is 10.1 Å². The number of aliphatic hydroxyl groups excluding tert-OH is 1. The van der Waals surface area contributed by atoms with E-state index in [1.807, 2.05) is 0 Å². The third-order valence-corrected chi connectivity index (χ3v) is 1.83. The van der Waals surface area contributed by atoms with E-state index >= 15 is 0 Å². The Labute approximate surface area is 81.3 Å². The maximum atomic E-state index is 12.9. The molecule has 0 spiro atoms. The predicted molar refractivity (Wildman–Crippen MR) is 51.6 cm³/mol. The second kappa shape index (κ2) is 4.44. The third kappa shape index (κ3) is 3.20. The molecular weight excluding hydrogens is 193 g/mol. The molecule has 2 N–H and O–H groups in total. The van der Waals surface area contributed by atoms with Crippen molar-refractivity contribution >= 4 is 17.3 Å². The fourth-order valence-electron chi connectivity index (χ4n) is 0.872. The van der Waals surface area contributed by atoms with Gasteiger partial charge in [-0.05, 0) is 25.1 Å². The molecule has 1 aromatic rings. The Kier molecular flexibility index (Phi) is 3.51. The van der Waals surface area contributed by atoms with E-state index in [-0.39, 0.29) is 5.02 Å². The van der Waals surface area contributed by atoms with Gasteiger partial charge in [0.15, 0.2) is 0 Å². The van der Waals surface area contributed by atoms with E-state index in [0.29, 0.717) is 12.2 Å². The smallest absolute Gasteiger partial charge is 0.143 e. The molecule has 0 unspecified atom stereocenters. The van der Waals surface area contributed by atoms with E-state index in [2.05, 4.69) is 5.32 Å². The molecule has 0 fully saturated rings. The van der Waals surface area contributed by atoms with Crippen molar-refractivity contribution in [1.29, 1.82) is 0 Å². The summed E-state index contributed by atoms with van der Waals surface area (Å²) in [4.78, 5) is 0. The van der Waals surface area contributed by atoms with Crippen LogP contribution < -0.4 is 5.32 Å². The molecule has 0 saturated heterocycles. The average Bonchev–Trinajstić information content (AvgIpc) is 2.07. The average molecular weight is 204 g/mol. The highest BCUT2D eigenvalue weighted by Gasteiger charge is 2.01. The Balaban J connectivity index is 2.63. The normalized spacial score (nSPS) is 12.6. The number of rotatable bonds is 3. The van der Waals surface area contributed by atoms with Gasteiger partial charge in [0.2, 0.25) is 0 Å². The van der Waals surface area contributed by atoms with Gasteiger partial charge in [-0.15, -0.1) is 0 Å². The number of aliphatic hydroxyl groups is 1. The van der Waals surface area contributed by atoms with Gasteiger partial charge in [0.05, 0.1) is 11.1 Å². The Morgan fingerprint density at radius 1 is 1.62 bits per heavy atom. The first kappa shape index (κ1) is 10.3. The summed E-state index contributed by atoms with van der Waals surface area (Å²) < 4.78 is 12.9. The Bertz CT molecular complexity index is 291. The molecule has 2 nitrogen and oxygen atoms in total. The molecule has 4 heteroatoms. The molecule has 0 aliphatic carbocycles. The maximum Gasteiger partial charge on any atom is 0.143 e. The summed E-state index contributed by atoms with van der Waals surface area (Å²) in [5, 5.41) is 11.9. The minimum Gasteiger partial charge on any atom is -0.392 e. The van der Waals surface area contributed by atoms with Crippen LogP contribution in [0.15, 0.2) is 18.2 Å². The number of nitrogens with one attached hydrogen (secondary N) is 1. The highest BCUT2D eigenvalue weighted by atomic mass is 35.5. The van der Waals surface area contributed by atoms with Crippen molar-refractivity contribution in [3.8, 4) is 0 Å². The van der Waals surface area contributed by atoms with Crippen LogP contribution in [-0.2, 0) is 0 Å². The van der Waals surface area contributed by atoms with Gasteiger partial charge in [0.25, 0.3) is 0 Å². The lowest BCUT2D eigenvalue weighted by Gasteiger charge is -2.08. The first-order valence-corrected chi connectivity index (χ1v) is 4.34. The van der Waals surface area contributed by atoms with Crippen molar-refractivity contribution in [2.24, 2.45) is 0 Å². The molecule has 0 radical (unpaired) electrons. The van der Waals surface area contributed by atoms with Gasteiger partial charge >= 0.3 is 0 Å². The van der Waals surface area contributed by atoms with Crippen LogP contribution in [0.25, 0.3) is 0 Å². The highest BCUT2D eigenvalue weighted by Crippen LogP contribution is 2.18. The van der Waals surface area contributed by atoms with E-state index in [1.165, 1.54) is 12.1 Å². The second-order valence-electron chi connectivity index (χ2n) is 2.86. The predicted octanol–water partition coefficient (Wildman–Crippen LogP) is 2.27. The lowest BCUT2D eigenvalue weighted by Crippen LogP contribution is -2.15. The van der Waals surface area contributed by atoms with Crippen LogP contribution in [0.3, 0.4) is 0 Å². The van der Waals surface area contributed by atoms with E-state index < -0.39 is 11.9 Å². The van der Waals surface area contributed by atoms with Crippen molar-refractivity contribution in [3.63, 3.8) is 0 Å². The zero-order valence-corrected chi connectivity index (χ0v) is 7.98. The number of hydrogen-bond donors (Lipinski definition) is 2. The highest BCUT2D eigenvalue weighted by molar-refractivity contribution is 6.30. The van der Waals surface area contributed by atoms with Crippen molar-refractivity contribution in [2.45, 2.75) is 13.0 Å². The quantitative estimate of drug-likeness (QED) is 0.790. The zero-order chi connectivity index (χ0) is 9.84. The van der Waals surface area contributed by atoms with Crippen LogP contribution >= 0.6 is 11.6 Å². The lowest BCUT2D eigenvalue weighted by molar-refractivity contribution is 0.208. The molecule has 0 aromatic heterocycles. The fourth-order valence-corrected chi connectivity index (χ4v) is 0.989. The molecule has 0 saturated carbocycles. The standard InChI is InChI=1S/C9H11ClFNO/c1-6(13)5-12-7-2-3-8(10)9(11)4-7/h2-4,6,12-13H,5H2,1H3/t6-/m0/s1.